The van der Waals surface area contributed by atoms with Gasteiger partial charge in [-0.15, -0.1) is 16.4 Å². The monoisotopic (exact) mass is 325 g/mol. The summed E-state index contributed by atoms with van der Waals surface area (Å²) in [6.45, 7) is 0. The van der Waals surface area contributed by atoms with E-state index < -0.39 is 11.6 Å². The highest BCUT2D eigenvalue weighted by atomic mass is 32.2. The first-order chi connectivity index (χ1) is 10.1. The van der Waals surface area contributed by atoms with E-state index in [2.05, 4.69) is 20.5 Å². The lowest BCUT2D eigenvalue weighted by atomic mass is 10.2. The third-order valence-electron chi connectivity index (χ3n) is 2.66. The van der Waals surface area contributed by atoms with E-state index in [9.17, 15) is 8.78 Å². The van der Waals surface area contributed by atoms with Crippen LogP contribution in [0.25, 0.3) is 10.6 Å². The molecule has 3 rings (SSSR count). The number of rotatable bonds is 4. The van der Waals surface area contributed by atoms with Gasteiger partial charge in [-0.25, -0.2) is 18.4 Å². The van der Waals surface area contributed by atoms with E-state index in [0.717, 1.165) is 5.69 Å². The number of hydrogen-bond acceptors (Lipinski definition) is 6. The van der Waals surface area contributed by atoms with Crippen LogP contribution in [0.1, 0.15) is 5.69 Å². The Morgan fingerprint density at radius 2 is 2.05 bits per heavy atom. The molecule has 0 radical (unpaired) electrons. The van der Waals surface area contributed by atoms with Gasteiger partial charge < -0.3 is 0 Å². The fourth-order valence-electron chi connectivity index (χ4n) is 1.67. The fourth-order valence-corrected chi connectivity index (χ4v) is 3.39. The van der Waals surface area contributed by atoms with Crippen molar-refractivity contribution in [2.75, 3.05) is 0 Å². The Morgan fingerprint density at radius 3 is 2.71 bits per heavy atom. The maximum atomic E-state index is 13.7. The van der Waals surface area contributed by atoms with Crippen LogP contribution in [0.3, 0.4) is 0 Å². The Balaban J connectivity index is 1.79. The average molecular weight is 325 g/mol. The number of thioether (sulfide) groups is 1. The third-order valence-corrected chi connectivity index (χ3v) is 4.61. The summed E-state index contributed by atoms with van der Waals surface area (Å²) in [5.41, 5.74) is 0.643. The van der Waals surface area contributed by atoms with Gasteiger partial charge in [0.25, 0.3) is 0 Å². The van der Waals surface area contributed by atoms with Crippen LogP contribution in [-0.4, -0.2) is 25.2 Å². The normalized spacial score (nSPS) is 11.0. The summed E-state index contributed by atoms with van der Waals surface area (Å²) < 4.78 is 28.9. The van der Waals surface area contributed by atoms with Crippen molar-refractivity contribution in [1.82, 2.24) is 25.2 Å². The molecule has 0 aliphatic carbocycles. The Hall–Kier alpha value is -1.87. The molecule has 0 spiro atoms. The summed E-state index contributed by atoms with van der Waals surface area (Å²) >= 11 is 2.62. The molecule has 2 aromatic heterocycles. The van der Waals surface area contributed by atoms with Crippen LogP contribution in [0.5, 0.6) is 0 Å². The van der Waals surface area contributed by atoms with Crippen molar-refractivity contribution in [2.24, 2.45) is 7.05 Å². The van der Waals surface area contributed by atoms with Crippen LogP contribution in [0.2, 0.25) is 0 Å². The molecular formula is C12H9F2N5S2. The molecule has 2 heterocycles. The highest BCUT2D eigenvalue weighted by Gasteiger charge is 2.15. The Morgan fingerprint density at radius 1 is 1.29 bits per heavy atom. The van der Waals surface area contributed by atoms with Gasteiger partial charge in [0.15, 0.2) is 0 Å². The van der Waals surface area contributed by atoms with Crippen LogP contribution >= 0.6 is 23.1 Å². The predicted octanol–water partition coefficient (Wildman–Crippen LogP) is 2.90. The Bertz CT molecular complexity index is 750. The molecule has 0 atom stereocenters. The highest BCUT2D eigenvalue weighted by Crippen LogP contribution is 2.30. The molecule has 0 unspecified atom stereocenters. The second kappa shape index (κ2) is 5.86. The van der Waals surface area contributed by atoms with Gasteiger partial charge in [0.05, 0.1) is 11.3 Å². The quantitative estimate of drug-likeness (QED) is 0.690. The molecule has 0 amide bonds. The third kappa shape index (κ3) is 2.93. The summed E-state index contributed by atoms with van der Waals surface area (Å²) in [5.74, 6) is -0.692. The molecule has 0 N–H and O–H groups in total. The van der Waals surface area contributed by atoms with Gasteiger partial charge >= 0.3 is 0 Å². The van der Waals surface area contributed by atoms with E-state index in [1.165, 1.54) is 41.3 Å². The van der Waals surface area contributed by atoms with Crippen molar-refractivity contribution in [3.8, 4) is 10.6 Å². The molecule has 1 aromatic carbocycles. The van der Waals surface area contributed by atoms with Crippen molar-refractivity contribution >= 4 is 23.1 Å². The van der Waals surface area contributed by atoms with Gasteiger partial charge in [-0.05, 0) is 22.6 Å². The van der Waals surface area contributed by atoms with Crippen molar-refractivity contribution in [2.45, 2.75) is 10.9 Å². The standard InChI is InChI=1S/C12H9F2N5S2/c1-19-12(16-17-18-19)21-6-7-5-20-11(15-7)10-8(13)3-2-4-9(10)14/h2-5H,6H2,1H3. The minimum Gasteiger partial charge on any atom is -0.240 e. The first kappa shape index (κ1) is 14.1. The van der Waals surface area contributed by atoms with E-state index >= 15 is 0 Å². The van der Waals surface area contributed by atoms with Gasteiger partial charge in [-0.3, -0.25) is 0 Å². The number of hydrogen-bond donors (Lipinski definition) is 0. The van der Waals surface area contributed by atoms with Crippen LogP contribution in [0.4, 0.5) is 8.78 Å². The van der Waals surface area contributed by atoms with Gasteiger partial charge in [0, 0.05) is 18.2 Å². The molecule has 0 aliphatic rings. The molecule has 9 heteroatoms. The Labute approximate surface area is 127 Å². The Kier molecular flexibility index (Phi) is 3.93. The van der Waals surface area contributed by atoms with Crippen molar-refractivity contribution < 1.29 is 8.78 Å². The molecule has 0 bridgehead atoms. The summed E-state index contributed by atoms with van der Waals surface area (Å²) in [6, 6.07) is 3.78. The summed E-state index contributed by atoms with van der Waals surface area (Å²) in [7, 11) is 1.74. The van der Waals surface area contributed by atoms with E-state index in [1.54, 1.807) is 17.1 Å². The number of nitrogens with zero attached hydrogens (tertiary/aromatic N) is 5. The van der Waals surface area contributed by atoms with Crippen LogP contribution in [0, 0.1) is 11.6 Å². The second-order valence-electron chi connectivity index (χ2n) is 4.11. The molecule has 108 valence electrons. The van der Waals surface area contributed by atoms with E-state index in [-0.39, 0.29) is 5.56 Å². The maximum absolute atomic E-state index is 13.7. The van der Waals surface area contributed by atoms with Crippen LogP contribution in [0.15, 0.2) is 28.7 Å². The van der Waals surface area contributed by atoms with Crippen molar-refractivity contribution in [1.29, 1.82) is 0 Å². The minimum atomic E-state index is -0.610. The summed E-state index contributed by atoms with van der Waals surface area (Å²) in [5, 5.41) is 13.9. The lowest BCUT2D eigenvalue weighted by molar-refractivity contribution is 0.589. The van der Waals surface area contributed by atoms with Gasteiger partial charge in [-0.2, -0.15) is 0 Å². The van der Waals surface area contributed by atoms with Crippen LogP contribution < -0.4 is 0 Å². The molecular weight excluding hydrogens is 316 g/mol. The summed E-state index contributed by atoms with van der Waals surface area (Å²) in [6.07, 6.45) is 0. The molecule has 0 saturated heterocycles. The van der Waals surface area contributed by atoms with Gasteiger partial charge in [0.1, 0.15) is 16.6 Å². The zero-order valence-electron chi connectivity index (χ0n) is 10.8. The molecule has 5 nitrogen and oxygen atoms in total. The van der Waals surface area contributed by atoms with Crippen LogP contribution in [-0.2, 0) is 12.8 Å². The predicted molar refractivity (Wildman–Crippen MR) is 75.8 cm³/mol. The van der Waals surface area contributed by atoms with Gasteiger partial charge in [0.2, 0.25) is 5.16 Å². The first-order valence-electron chi connectivity index (χ1n) is 5.89. The molecule has 3 aromatic rings. The topological polar surface area (TPSA) is 56.5 Å². The first-order valence-corrected chi connectivity index (χ1v) is 7.75. The van der Waals surface area contributed by atoms with Crippen molar-refractivity contribution in [3.05, 3.63) is 40.9 Å². The summed E-state index contributed by atoms with van der Waals surface area (Å²) in [4.78, 5) is 4.27. The lowest BCUT2D eigenvalue weighted by Crippen LogP contribution is -1.93. The zero-order valence-corrected chi connectivity index (χ0v) is 12.5. The van der Waals surface area contributed by atoms with E-state index in [0.29, 0.717) is 15.9 Å². The van der Waals surface area contributed by atoms with E-state index in [1.807, 2.05) is 0 Å². The van der Waals surface area contributed by atoms with E-state index in [4.69, 9.17) is 0 Å². The number of aryl methyl sites for hydroxylation is 1. The van der Waals surface area contributed by atoms with Gasteiger partial charge in [-0.1, -0.05) is 17.8 Å². The maximum Gasteiger partial charge on any atom is 0.209 e. The second-order valence-corrected chi connectivity index (χ2v) is 5.91. The minimum absolute atomic E-state index is 0.0842. The number of aromatic nitrogens is 5. The fraction of sp³-hybridized carbons (Fsp3) is 0.167. The van der Waals surface area contributed by atoms with Crippen molar-refractivity contribution in [3.63, 3.8) is 0 Å². The molecule has 0 aliphatic heterocycles. The number of halogens is 2. The SMILES string of the molecule is Cn1nnnc1SCc1csc(-c2c(F)cccc2F)n1. The zero-order chi connectivity index (χ0) is 14.8. The molecule has 0 fully saturated rings. The molecule has 21 heavy (non-hydrogen) atoms. The number of tetrazole rings is 1. The highest BCUT2D eigenvalue weighted by molar-refractivity contribution is 7.98. The average Bonchev–Trinajstić information content (AvgIpc) is 3.06. The number of benzene rings is 1. The smallest absolute Gasteiger partial charge is 0.209 e. The number of thiazole rings is 1. The largest absolute Gasteiger partial charge is 0.240 e. The molecule has 0 saturated carbocycles. The lowest BCUT2D eigenvalue weighted by Gasteiger charge is -2.00.